The van der Waals surface area contributed by atoms with Crippen LogP contribution >= 0.6 is 0 Å². The van der Waals surface area contributed by atoms with E-state index in [1.54, 1.807) is 4.90 Å². The zero-order valence-corrected chi connectivity index (χ0v) is 10.9. The number of carbonyl (C=O) groups is 2. The van der Waals surface area contributed by atoms with Gasteiger partial charge in [0.1, 0.15) is 5.69 Å². The van der Waals surface area contributed by atoms with Gasteiger partial charge in [0.05, 0.1) is 5.56 Å². The van der Waals surface area contributed by atoms with Crippen LogP contribution in [0.4, 0.5) is 0 Å². The Bertz CT molecular complexity index is 426. The van der Waals surface area contributed by atoms with Gasteiger partial charge < -0.3 is 10.0 Å². The van der Waals surface area contributed by atoms with Crippen LogP contribution in [0.25, 0.3) is 0 Å². The van der Waals surface area contributed by atoms with Gasteiger partial charge in [-0.3, -0.25) is 4.79 Å². The van der Waals surface area contributed by atoms with E-state index in [2.05, 4.69) is 4.98 Å². The van der Waals surface area contributed by atoms with Crippen LogP contribution in [0, 0.1) is 5.92 Å². The first kappa shape index (κ1) is 14.2. The number of aromatic nitrogens is 1. The molecule has 1 N–H and O–H groups in total. The van der Waals surface area contributed by atoms with Crippen molar-refractivity contribution in [2.45, 2.75) is 20.8 Å². The van der Waals surface area contributed by atoms with Crippen molar-refractivity contribution in [1.82, 2.24) is 9.88 Å². The zero-order chi connectivity index (χ0) is 13.7. The van der Waals surface area contributed by atoms with Gasteiger partial charge in [-0.15, -0.1) is 0 Å². The second-order valence-corrected chi connectivity index (χ2v) is 4.47. The molecule has 0 aromatic carbocycles. The van der Waals surface area contributed by atoms with Gasteiger partial charge >= 0.3 is 5.97 Å². The van der Waals surface area contributed by atoms with Crippen LogP contribution in [0.1, 0.15) is 41.6 Å². The van der Waals surface area contributed by atoms with Crippen LogP contribution in [0.3, 0.4) is 0 Å². The fourth-order valence-electron chi connectivity index (χ4n) is 1.63. The Labute approximate surface area is 106 Å². The van der Waals surface area contributed by atoms with Gasteiger partial charge in [0, 0.05) is 19.3 Å². The summed E-state index contributed by atoms with van der Waals surface area (Å²) in [6.07, 6.45) is 1.31. The van der Waals surface area contributed by atoms with Gasteiger partial charge in [0.25, 0.3) is 5.91 Å². The van der Waals surface area contributed by atoms with Crippen molar-refractivity contribution >= 4 is 11.9 Å². The van der Waals surface area contributed by atoms with Crippen molar-refractivity contribution < 1.29 is 14.7 Å². The van der Waals surface area contributed by atoms with E-state index in [1.165, 1.54) is 18.3 Å². The van der Waals surface area contributed by atoms with Crippen LogP contribution in [-0.2, 0) is 0 Å². The molecule has 0 aliphatic carbocycles. The Hall–Kier alpha value is -1.91. The zero-order valence-electron chi connectivity index (χ0n) is 10.9. The lowest BCUT2D eigenvalue weighted by atomic mass is 10.1. The van der Waals surface area contributed by atoms with E-state index in [4.69, 9.17) is 5.11 Å². The number of pyridine rings is 1. The molecule has 5 heteroatoms. The Morgan fingerprint density at radius 1 is 1.39 bits per heavy atom. The average Bonchev–Trinajstić information content (AvgIpc) is 2.35. The highest BCUT2D eigenvalue weighted by Crippen LogP contribution is 2.07. The van der Waals surface area contributed by atoms with Crippen LogP contribution in [0.15, 0.2) is 18.3 Å². The molecule has 0 radical (unpaired) electrons. The second kappa shape index (κ2) is 6.14. The fraction of sp³-hybridized carbons (Fsp3) is 0.462. The summed E-state index contributed by atoms with van der Waals surface area (Å²) < 4.78 is 0. The first-order valence-electron chi connectivity index (χ1n) is 5.94. The molecular weight excluding hydrogens is 232 g/mol. The number of hydrogen-bond donors (Lipinski definition) is 1. The van der Waals surface area contributed by atoms with Crippen molar-refractivity contribution in [3.05, 3.63) is 29.6 Å². The lowest BCUT2D eigenvalue weighted by molar-refractivity contribution is 0.0686. The van der Waals surface area contributed by atoms with E-state index in [-0.39, 0.29) is 11.6 Å². The SMILES string of the molecule is CCN(CC(C)C)C(=O)c1ccc(C(=O)O)nc1. The molecule has 5 nitrogen and oxygen atoms in total. The maximum absolute atomic E-state index is 12.1. The number of nitrogens with zero attached hydrogens (tertiary/aromatic N) is 2. The quantitative estimate of drug-likeness (QED) is 0.866. The van der Waals surface area contributed by atoms with Crippen LogP contribution < -0.4 is 0 Å². The number of carboxylic acid groups (broad SMARTS) is 1. The predicted molar refractivity (Wildman–Crippen MR) is 67.6 cm³/mol. The van der Waals surface area contributed by atoms with Crippen LogP contribution in [0.5, 0.6) is 0 Å². The molecule has 0 bridgehead atoms. The minimum absolute atomic E-state index is 0.0570. The number of amides is 1. The van der Waals surface area contributed by atoms with Gasteiger partial charge in [-0.25, -0.2) is 9.78 Å². The van der Waals surface area contributed by atoms with Crippen molar-refractivity contribution in [2.24, 2.45) is 5.92 Å². The smallest absolute Gasteiger partial charge is 0.354 e. The average molecular weight is 250 g/mol. The third-order valence-corrected chi connectivity index (χ3v) is 2.48. The number of hydrogen-bond acceptors (Lipinski definition) is 3. The molecule has 0 spiro atoms. The molecule has 0 atom stereocenters. The van der Waals surface area contributed by atoms with Gasteiger partial charge in [0.2, 0.25) is 0 Å². The number of rotatable bonds is 5. The van der Waals surface area contributed by atoms with E-state index in [9.17, 15) is 9.59 Å². The third-order valence-electron chi connectivity index (χ3n) is 2.48. The van der Waals surface area contributed by atoms with E-state index in [1.807, 2.05) is 20.8 Å². The van der Waals surface area contributed by atoms with E-state index >= 15 is 0 Å². The maximum atomic E-state index is 12.1. The Morgan fingerprint density at radius 2 is 2.06 bits per heavy atom. The summed E-state index contributed by atoms with van der Waals surface area (Å²) >= 11 is 0. The molecule has 0 unspecified atom stereocenters. The second-order valence-electron chi connectivity index (χ2n) is 4.47. The lowest BCUT2D eigenvalue weighted by Crippen LogP contribution is -2.34. The summed E-state index contributed by atoms with van der Waals surface area (Å²) in [6, 6.07) is 2.85. The maximum Gasteiger partial charge on any atom is 0.354 e. The summed E-state index contributed by atoms with van der Waals surface area (Å²) in [7, 11) is 0. The summed E-state index contributed by atoms with van der Waals surface area (Å²) in [5, 5.41) is 8.73. The Kier molecular flexibility index (Phi) is 4.83. The standard InChI is InChI=1S/C13H18N2O3/c1-4-15(8-9(2)3)12(16)10-5-6-11(13(17)18)14-7-10/h5-7,9H,4,8H2,1-3H3,(H,17,18). The Balaban J connectivity index is 2.85. The molecule has 0 aliphatic heterocycles. The normalized spacial score (nSPS) is 10.4. The molecular formula is C13H18N2O3. The first-order chi connectivity index (χ1) is 8.45. The topological polar surface area (TPSA) is 70.5 Å². The summed E-state index contributed by atoms with van der Waals surface area (Å²) in [5.74, 6) is -0.820. The van der Waals surface area contributed by atoms with Gasteiger partial charge in [-0.2, -0.15) is 0 Å². The molecule has 1 heterocycles. The highest BCUT2D eigenvalue weighted by atomic mass is 16.4. The molecule has 1 amide bonds. The molecule has 0 saturated heterocycles. The monoisotopic (exact) mass is 250 g/mol. The first-order valence-corrected chi connectivity index (χ1v) is 5.94. The molecule has 0 fully saturated rings. The highest BCUT2D eigenvalue weighted by Gasteiger charge is 2.16. The van der Waals surface area contributed by atoms with Crippen LogP contribution in [0.2, 0.25) is 0 Å². The number of aromatic carboxylic acids is 1. The molecule has 0 aliphatic rings. The Morgan fingerprint density at radius 3 is 2.44 bits per heavy atom. The van der Waals surface area contributed by atoms with Crippen molar-refractivity contribution in [2.75, 3.05) is 13.1 Å². The van der Waals surface area contributed by atoms with Crippen LogP contribution in [-0.4, -0.2) is 40.0 Å². The fourth-order valence-corrected chi connectivity index (χ4v) is 1.63. The van der Waals surface area contributed by atoms with Gasteiger partial charge in [-0.05, 0) is 25.0 Å². The number of carbonyl (C=O) groups excluding carboxylic acids is 1. The summed E-state index contributed by atoms with van der Waals surface area (Å²) in [4.78, 5) is 28.3. The van der Waals surface area contributed by atoms with E-state index < -0.39 is 5.97 Å². The van der Waals surface area contributed by atoms with Crippen molar-refractivity contribution in [3.8, 4) is 0 Å². The predicted octanol–water partition coefficient (Wildman–Crippen LogP) is 1.90. The molecule has 18 heavy (non-hydrogen) atoms. The number of carboxylic acids is 1. The summed E-state index contributed by atoms with van der Waals surface area (Å²) in [6.45, 7) is 7.30. The molecule has 1 aromatic rings. The van der Waals surface area contributed by atoms with Crippen molar-refractivity contribution in [1.29, 1.82) is 0 Å². The molecule has 1 rings (SSSR count). The summed E-state index contributed by atoms with van der Waals surface area (Å²) in [5.41, 5.74) is 0.362. The third kappa shape index (κ3) is 3.55. The molecule has 98 valence electrons. The molecule has 0 saturated carbocycles. The minimum atomic E-state index is -1.09. The van der Waals surface area contributed by atoms with E-state index in [0.29, 0.717) is 24.6 Å². The largest absolute Gasteiger partial charge is 0.477 e. The lowest BCUT2D eigenvalue weighted by Gasteiger charge is -2.22. The highest BCUT2D eigenvalue weighted by molar-refractivity contribution is 5.94. The van der Waals surface area contributed by atoms with E-state index in [0.717, 1.165) is 0 Å². The van der Waals surface area contributed by atoms with Gasteiger partial charge in [0.15, 0.2) is 0 Å². The van der Waals surface area contributed by atoms with Crippen molar-refractivity contribution in [3.63, 3.8) is 0 Å². The minimum Gasteiger partial charge on any atom is -0.477 e. The molecule has 1 aromatic heterocycles. The van der Waals surface area contributed by atoms with Gasteiger partial charge in [-0.1, -0.05) is 13.8 Å².